The first-order chi connectivity index (χ1) is 17.6. The van der Waals surface area contributed by atoms with Gasteiger partial charge >= 0.3 is 11.7 Å². The van der Waals surface area contributed by atoms with E-state index in [0.717, 1.165) is 34.4 Å². The van der Waals surface area contributed by atoms with Crippen LogP contribution in [0.1, 0.15) is 50.0 Å². The Labute approximate surface area is 215 Å². The number of hydrogen-bond donors (Lipinski definition) is 2. The lowest BCUT2D eigenvalue weighted by Gasteiger charge is -2.31. The van der Waals surface area contributed by atoms with Crippen molar-refractivity contribution in [3.8, 4) is 16.9 Å². The van der Waals surface area contributed by atoms with Gasteiger partial charge in [-0.25, -0.2) is 9.63 Å². The number of carboxylic acid groups (broad SMARTS) is 1. The molecule has 0 saturated carbocycles. The summed E-state index contributed by atoms with van der Waals surface area (Å²) >= 11 is 0. The van der Waals surface area contributed by atoms with E-state index in [-0.39, 0.29) is 0 Å². The minimum atomic E-state index is -1.23. The number of aryl methyl sites for hydroxylation is 1. The molecule has 2 N–H and O–H groups in total. The van der Waals surface area contributed by atoms with Crippen LogP contribution in [0.2, 0.25) is 0 Å². The fraction of sp³-hybridized carbons (Fsp3) is 0.345. The van der Waals surface area contributed by atoms with Gasteiger partial charge in [-0.3, -0.25) is 0 Å². The third-order valence-corrected chi connectivity index (χ3v) is 6.74. The molecule has 8 heteroatoms. The maximum absolute atomic E-state index is 12.7. The van der Waals surface area contributed by atoms with Crippen molar-refractivity contribution in [2.75, 3.05) is 25.6 Å². The Balaban J connectivity index is 1.91. The van der Waals surface area contributed by atoms with E-state index >= 15 is 0 Å². The molecule has 3 aromatic rings. The highest BCUT2D eigenvalue weighted by Crippen LogP contribution is 2.50. The second-order valence-corrected chi connectivity index (χ2v) is 10.3. The van der Waals surface area contributed by atoms with Crippen LogP contribution in [-0.2, 0) is 14.4 Å². The normalized spacial score (nSPS) is 15.2. The molecule has 0 amide bonds. The van der Waals surface area contributed by atoms with Crippen LogP contribution in [-0.4, -0.2) is 41.9 Å². The van der Waals surface area contributed by atoms with Crippen LogP contribution in [0.3, 0.4) is 0 Å². The van der Waals surface area contributed by atoms with E-state index in [1.165, 1.54) is 12.7 Å². The van der Waals surface area contributed by atoms with Crippen molar-refractivity contribution in [1.29, 1.82) is 0 Å². The number of carbonyl (C=O) groups is 1. The summed E-state index contributed by atoms with van der Waals surface area (Å²) in [5.41, 5.74) is 5.50. The van der Waals surface area contributed by atoms with Gasteiger partial charge in [0.25, 0.3) is 4.92 Å². The van der Waals surface area contributed by atoms with Gasteiger partial charge in [-0.2, -0.15) is 0 Å². The molecule has 8 nitrogen and oxygen atoms in total. The van der Waals surface area contributed by atoms with Gasteiger partial charge in [0, 0.05) is 35.7 Å². The fourth-order valence-corrected chi connectivity index (χ4v) is 5.32. The van der Waals surface area contributed by atoms with Gasteiger partial charge in [-0.1, -0.05) is 18.2 Å². The van der Waals surface area contributed by atoms with E-state index in [1.54, 1.807) is 12.1 Å². The van der Waals surface area contributed by atoms with E-state index in [2.05, 4.69) is 11.4 Å². The largest absolute Gasteiger partial charge is 0.493 e. The van der Waals surface area contributed by atoms with Crippen molar-refractivity contribution in [3.05, 3.63) is 64.1 Å². The number of anilines is 1. The van der Waals surface area contributed by atoms with Crippen molar-refractivity contribution in [1.82, 2.24) is 0 Å². The maximum atomic E-state index is 12.7. The molecular weight excluding hydrogens is 472 g/mol. The highest BCUT2D eigenvalue weighted by atomic mass is 16.8. The van der Waals surface area contributed by atoms with Gasteiger partial charge in [0.05, 0.1) is 28.2 Å². The highest BCUT2D eigenvalue weighted by molar-refractivity contribution is 6.08. The van der Waals surface area contributed by atoms with Crippen LogP contribution in [0.25, 0.3) is 27.5 Å². The van der Waals surface area contributed by atoms with E-state index in [4.69, 9.17) is 14.3 Å². The van der Waals surface area contributed by atoms with Gasteiger partial charge in [0.1, 0.15) is 5.75 Å². The molecule has 192 valence electrons. The van der Waals surface area contributed by atoms with Gasteiger partial charge in [-0.05, 0) is 68.0 Å². The summed E-state index contributed by atoms with van der Waals surface area (Å²) in [5.74, 6) is -0.283. The van der Waals surface area contributed by atoms with E-state index in [1.807, 2.05) is 52.0 Å². The predicted molar refractivity (Wildman–Crippen MR) is 142 cm³/mol. The average molecular weight is 504 g/mol. The highest BCUT2D eigenvalue weighted by Gasteiger charge is 2.35. The summed E-state index contributed by atoms with van der Waals surface area (Å²) < 4.78 is 12.1. The molecule has 2 aliphatic heterocycles. The molecule has 0 fully saturated rings. The summed E-state index contributed by atoms with van der Waals surface area (Å²) in [4.78, 5) is 30.7. The van der Waals surface area contributed by atoms with Crippen LogP contribution >= 0.6 is 0 Å². The van der Waals surface area contributed by atoms with Crippen molar-refractivity contribution in [3.63, 3.8) is 0 Å². The topological polar surface area (TPSA) is 97.1 Å². The first-order valence-electron chi connectivity index (χ1n) is 12.3. The molecule has 0 aliphatic carbocycles. The average Bonchev–Trinajstić information content (AvgIpc) is 2.86. The summed E-state index contributed by atoms with van der Waals surface area (Å²) in [6.45, 7) is 8.64. The SMILES string of the molecule is CO[N+](=O)c1cccc2c(-c3ccc4c5c3NCC=C5CCO4)c(C(OC(C)(C)C)C(=O)O)c(C)cc12. The molecule has 0 spiro atoms. The van der Waals surface area contributed by atoms with Crippen LogP contribution < -0.4 is 10.1 Å². The zero-order chi connectivity index (χ0) is 26.5. The van der Waals surface area contributed by atoms with Gasteiger partial charge in [-0.15, -0.1) is 0 Å². The van der Waals surface area contributed by atoms with Crippen LogP contribution in [0.4, 0.5) is 11.4 Å². The Morgan fingerprint density at radius 1 is 1.16 bits per heavy atom. The number of benzene rings is 3. The molecule has 37 heavy (non-hydrogen) atoms. The second-order valence-electron chi connectivity index (χ2n) is 10.3. The molecule has 1 unspecified atom stereocenters. The maximum Gasteiger partial charge on any atom is 0.337 e. The van der Waals surface area contributed by atoms with E-state index in [0.29, 0.717) is 45.8 Å². The first kappa shape index (κ1) is 24.8. The van der Waals surface area contributed by atoms with E-state index < -0.39 is 17.7 Å². The predicted octanol–water partition coefficient (Wildman–Crippen LogP) is 6.32. The lowest BCUT2D eigenvalue weighted by Crippen LogP contribution is -2.28. The summed E-state index contributed by atoms with van der Waals surface area (Å²) in [5, 5.41) is 15.2. The summed E-state index contributed by atoms with van der Waals surface area (Å²) in [6, 6.07) is 11.1. The van der Waals surface area contributed by atoms with Crippen molar-refractivity contribution < 1.29 is 29.1 Å². The van der Waals surface area contributed by atoms with Crippen molar-refractivity contribution >= 4 is 33.7 Å². The van der Waals surface area contributed by atoms with Gasteiger partial charge in [0.2, 0.25) is 0 Å². The number of aliphatic carboxylic acids is 1. The molecular formula is C29H31N2O6+. The fourth-order valence-electron chi connectivity index (χ4n) is 5.32. The monoisotopic (exact) mass is 503 g/mol. The third-order valence-electron chi connectivity index (χ3n) is 6.74. The Morgan fingerprint density at radius 3 is 2.65 bits per heavy atom. The minimum Gasteiger partial charge on any atom is -0.493 e. The van der Waals surface area contributed by atoms with Gasteiger partial charge < -0.3 is 19.9 Å². The lowest BCUT2D eigenvalue weighted by atomic mass is 9.83. The molecule has 0 saturated heterocycles. The smallest absolute Gasteiger partial charge is 0.337 e. The van der Waals surface area contributed by atoms with E-state index in [9.17, 15) is 14.8 Å². The molecule has 2 aliphatic rings. The number of ether oxygens (including phenoxy) is 2. The lowest BCUT2D eigenvalue weighted by molar-refractivity contribution is -0.735. The number of rotatable bonds is 6. The van der Waals surface area contributed by atoms with Crippen LogP contribution in [0.5, 0.6) is 5.75 Å². The van der Waals surface area contributed by atoms with Crippen LogP contribution in [0.15, 0.2) is 42.5 Å². The first-order valence-corrected chi connectivity index (χ1v) is 12.3. The van der Waals surface area contributed by atoms with Crippen LogP contribution in [0, 0.1) is 11.8 Å². The number of nitrogens with one attached hydrogen (secondary N) is 1. The molecule has 5 rings (SSSR count). The Morgan fingerprint density at radius 2 is 1.95 bits per heavy atom. The molecule has 2 heterocycles. The molecule has 1 atom stereocenters. The Kier molecular flexibility index (Phi) is 6.15. The minimum absolute atomic E-state index is 0.336. The zero-order valence-electron chi connectivity index (χ0n) is 21.7. The van der Waals surface area contributed by atoms with Crippen molar-refractivity contribution in [2.24, 2.45) is 0 Å². The molecule has 0 aromatic heterocycles. The molecule has 0 radical (unpaired) electrons. The summed E-state index contributed by atoms with van der Waals surface area (Å²) in [7, 11) is 1.32. The zero-order valence-corrected chi connectivity index (χ0v) is 21.7. The number of nitrogens with zero attached hydrogens (tertiary/aromatic N) is 1. The number of fused-ring (bicyclic) bond motifs is 1. The third kappa shape index (κ3) is 4.31. The second kappa shape index (κ2) is 9.19. The number of carboxylic acids is 1. The summed E-state index contributed by atoms with van der Waals surface area (Å²) in [6.07, 6.45) is 1.75. The Hall–Kier alpha value is -3.91. The quantitative estimate of drug-likeness (QED) is 0.380. The number of hydrogen-bond acceptors (Lipinski definition) is 6. The standard InChI is InChI=1S/C29H30N2O6/c1-16-15-20-18(7-6-8-21(20)31(34)35-5)25(23(16)27(28(32)33)37-29(2,3)4)19-9-10-22-24-17(12-14-36-22)11-13-30-26(19)24/h6-11,15,27H,12-14H2,1-5H3,(H-,30,32,33,34)/p+1. The molecule has 0 bridgehead atoms. The van der Waals surface area contributed by atoms with Gasteiger partial charge in [0.15, 0.2) is 13.2 Å². The molecule has 3 aromatic carbocycles. The Bertz CT molecular complexity index is 1470. The van der Waals surface area contributed by atoms with Crippen molar-refractivity contribution in [2.45, 2.75) is 45.8 Å².